The van der Waals surface area contributed by atoms with Gasteiger partial charge in [0.15, 0.2) is 0 Å². The lowest BCUT2D eigenvalue weighted by Crippen LogP contribution is -2.25. The number of benzene rings is 1. The number of thiophene rings is 1. The second-order valence-corrected chi connectivity index (χ2v) is 10.2. The molecule has 3 aromatic rings. The Kier molecular flexibility index (Phi) is 7.45. The highest BCUT2D eigenvalue weighted by Crippen LogP contribution is 2.39. The highest BCUT2D eigenvalue weighted by Gasteiger charge is 2.28. The van der Waals surface area contributed by atoms with Crippen molar-refractivity contribution in [3.05, 3.63) is 58.2 Å². The van der Waals surface area contributed by atoms with E-state index in [4.69, 9.17) is 4.74 Å². The van der Waals surface area contributed by atoms with E-state index in [1.807, 2.05) is 50.2 Å². The average Bonchev–Trinajstić information content (AvgIpc) is 3.20. The summed E-state index contributed by atoms with van der Waals surface area (Å²) in [4.78, 5) is 36.0. The number of nitrogens with one attached hydrogen (secondary N) is 1. The van der Waals surface area contributed by atoms with Crippen LogP contribution in [0.15, 0.2) is 41.4 Å². The van der Waals surface area contributed by atoms with Crippen molar-refractivity contribution in [2.24, 2.45) is 0 Å². The molecule has 6 nitrogen and oxygen atoms in total. The maximum Gasteiger partial charge on any atom is 0.341 e. The Morgan fingerprint density at radius 1 is 1.18 bits per heavy atom. The van der Waals surface area contributed by atoms with Gasteiger partial charge >= 0.3 is 5.97 Å². The number of hydrogen-bond donors (Lipinski definition) is 1. The van der Waals surface area contributed by atoms with Crippen molar-refractivity contribution in [3.63, 3.8) is 0 Å². The zero-order valence-corrected chi connectivity index (χ0v) is 20.6. The minimum Gasteiger partial charge on any atom is -0.465 e. The van der Waals surface area contributed by atoms with Crippen LogP contribution in [0.3, 0.4) is 0 Å². The summed E-state index contributed by atoms with van der Waals surface area (Å²) in [5.41, 5.74) is 3.40. The monoisotopic (exact) mass is 481 g/mol. The molecule has 0 radical (unpaired) electrons. The standard InChI is InChI=1S/C25H27N3O3S2/c1-4-19(32-21-14-18(26-15(2)27-21)16-10-6-5-7-11-16)23(29)28-24-22(25(30)31-3)17-12-8-9-13-20(17)33-24/h5-7,10-11,14,19H,4,8-9,12-13H2,1-3H3,(H,28,29). The number of rotatable bonds is 7. The number of methoxy groups -OCH3 is 1. The summed E-state index contributed by atoms with van der Waals surface area (Å²) in [5.74, 6) is 0.140. The van der Waals surface area contributed by atoms with Crippen LogP contribution in [0, 0.1) is 6.92 Å². The van der Waals surface area contributed by atoms with Crippen LogP contribution in [-0.4, -0.2) is 34.2 Å². The fraction of sp³-hybridized carbons (Fsp3) is 0.360. The molecular formula is C25H27N3O3S2. The maximum atomic E-state index is 13.2. The number of aromatic nitrogens is 2. The zero-order valence-electron chi connectivity index (χ0n) is 19.0. The number of esters is 1. The molecular weight excluding hydrogens is 454 g/mol. The number of anilines is 1. The molecule has 0 saturated carbocycles. The molecule has 1 aliphatic carbocycles. The smallest absolute Gasteiger partial charge is 0.341 e. The lowest BCUT2D eigenvalue weighted by atomic mass is 9.95. The number of ether oxygens (including phenoxy) is 1. The van der Waals surface area contributed by atoms with Gasteiger partial charge in [0.05, 0.1) is 23.6 Å². The van der Waals surface area contributed by atoms with Crippen LogP contribution in [0.1, 0.15) is 52.8 Å². The van der Waals surface area contributed by atoms with E-state index in [0.717, 1.165) is 47.5 Å². The molecule has 2 heterocycles. The van der Waals surface area contributed by atoms with Crippen molar-refractivity contribution >= 4 is 40.0 Å². The Balaban J connectivity index is 1.56. The summed E-state index contributed by atoms with van der Waals surface area (Å²) in [6.07, 6.45) is 4.56. The van der Waals surface area contributed by atoms with Gasteiger partial charge in [0.2, 0.25) is 5.91 Å². The second kappa shape index (κ2) is 10.5. The second-order valence-electron chi connectivity index (χ2n) is 7.92. The van der Waals surface area contributed by atoms with Gasteiger partial charge in [0.1, 0.15) is 15.9 Å². The summed E-state index contributed by atoms with van der Waals surface area (Å²) in [6, 6.07) is 11.9. The molecule has 1 amide bonds. The largest absolute Gasteiger partial charge is 0.465 e. The lowest BCUT2D eigenvalue weighted by Gasteiger charge is -2.15. The number of aryl methyl sites for hydroxylation is 2. The molecule has 172 valence electrons. The summed E-state index contributed by atoms with van der Waals surface area (Å²) >= 11 is 2.92. The maximum absolute atomic E-state index is 13.2. The molecule has 33 heavy (non-hydrogen) atoms. The number of amides is 1. The van der Waals surface area contributed by atoms with Crippen molar-refractivity contribution in [1.29, 1.82) is 0 Å². The van der Waals surface area contributed by atoms with Crippen molar-refractivity contribution in [2.75, 3.05) is 12.4 Å². The Hall–Kier alpha value is -2.71. The Morgan fingerprint density at radius 2 is 1.94 bits per heavy atom. The van der Waals surface area contributed by atoms with Gasteiger partial charge < -0.3 is 10.1 Å². The molecule has 1 atom stereocenters. The van der Waals surface area contributed by atoms with E-state index in [1.54, 1.807) is 0 Å². The van der Waals surface area contributed by atoms with E-state index in [1.165, 1.54) is 35.1 Å². The first-order valence-corrected chi connectivity index (χ1v) is 12.8. The lowest BCUT2D eigenvalue weighted by molar-refractivity contribution is -0.115. The molecule has 1 aromatic carbocycles. The van der Waals surface area contributed by atoms with Crippen molar-refractivity contribution in [2.45, 2.75) is 56.2 Å². The van der Waals surface area contributed by atoms with Crippen molar-refractivity contribution in [3.8, 4) is 11.3 Å². The third-order valence-electron chi connectivity index (χ3n) is 5.61. The fourth-order valence-electron chi connectivity index (χ4n) is 3.99. The van der Waals surface area contributed by atoms with Crippen LogP contribution >= 0.6 is 23.1 Å². The number of nitrogens with zero attached hydrogens (tertiary/aromatic N) is 2. The quantitative estimate of drug-likeness (QED) is 0.265. The van der Waals surface area contributed by atoms with Gasteiger partial charge in [-0.2, -0.15) is 0 Å². The van der Waals surface area contributed by atoms with E-state index in [-0.39, 0.29) is 17.1 Å². The number of carbonyl (C=O) groups excluding carboxylic acids is 2. The van der Waals surface area contributed by atoms with Gasteiger partial charge in [-0.05, 0) is 50.7 Å². The van der Waals surface area contributed by atoms with Gasteiger partial charge in [-0.25, -0.2) is 14.8 Å². The number of thioether (sulfide) groups is 1. The molecule has 2 aromatic heterocycles. The highest BCUT2D eigenvalue weighted by molar-refractivity contribution is 8.00. The predicted molar refractivity (Wildman–Crippen MR) is 133 cm³/mol. The summed E-state index contributed by atoms with van der Waals surface area (Å²) < 4.78 is 5.03. The van der Waals surface area contributed by atoms with Gasteiger partial charge in [0, 0.05) is 10.4 Å². The molecule has 1 N–H and O–H groups in total. The first-order valence-electron chi connectivity index (χ1n) is 11.1. The fourth-order valence-corrected chi connectivity index (χ4v) is 6.26. The molecule has 8 heteroatoms. The van der Waals surface area contributed by atoms with Gasteiger partial charge in [0.25, 0.3) is 0 Å². The SMILES string of the molecule is CCC(Sc1cc(-c2ccccc2)nc(C)n1)C(=O)Nc1sc2c(c1C(=O)OC)CCCC2. The molecule has 1 unspecified atom stereocenters. The van der Waals surface area contributed by atoms with Crippen molar-refractivity contribution < 1.29 is 14.3 Å². The minimum absolute atomic E-state index is 0.135. The number of fused-ring (bicyclic) bond motifs is 1. The zero-order chi connectivity index (χ0) is 23.4. The molecule has 0 spiro atoms. The van der Waals surface area contributed by atoms with E-state index in [2.05, 4.69) is 15.3 Å². The highest BCUT2D eigenvalue weighted by atomic mass is 32.2. The number of carbonyl (C=O) groups is 2. The topological polar surface area (TPSA) is 81.2 Å². The normalized spacial score (nSPS) is 13.8. The number of hydrogen-bond acceptors (Lipinski definition) is 7. The average molecular weight is 482 g/mol. The van der Waals surface area contributed by atoms with Gasteiger partial charge in [-0.1, -0.05) is 49.0 Å². The van der Waals surface area contributed by atoms with Crippen LogP contribution in [0.25, 0.3) is 11.3 Å². The molecule has 0 saturated heterocycles. The minimum atomic E-state index is -0.385. The van der Waals surface area contributed by atoms with E-state index >= 15 is 0 Å². The first kappa shape index (κ1) is 23.4. The molecule has 0 fully saturated rings. The summed E-state index contributed by atoms with van der Waals surface area (Å²) in [6.45, 7) is 3.83. The Bertz CT molecular complexity index is 1160. The third kappa shape index (κ3) is 5.28. The Labute approximate surface area is 202 Å². The van der Waals surface area contributed by atoms with E-state index in [0.29, 0.717) is 22.8 Å². The summed E-state index contributed by atoms with van der Waals surface area (Å²) in [5, 5.41) is 4.03. The van der Waals surface area contributed by atoms with Gasteiger partial charge in [-0.15, -0.1) is 11.3 Å². The van der Waals surface area contributed by atoms with Crippen LogP contribution in [-0.2, 0) is 22.4 Å². The summed E-state index contributed by atoms with van der Waals surface area (Å²) in [7, 11) is 1.38. The first-order chi connectivity index (χ1) is 16.0. The van der Waals surface area contributed by atoms with E-state index in [9.17, 15) is 9.59 Å². The molecule has 0 aliphatic heterocycles. The van der Waals surface area contributed by atoms with Crippen LogP contribution in [0.4, 0.5) is 5.00 Å². The molecule has 4 rings (SSSR count). The van der Waals surface area contributed by atoms with Crippen molar-refractivity contribution in [1.82, 2.24) is 9.97 Å². The van der Waals surface area contributed by atoms with E-state index < -0.39 is 0 Å². The molecule has 0 bridgehead atoms. The van der Waals surface area contributed by atoms with Gasteiger partial charge in [-0.3, -0.25) is 4.79 Å². The Morgan fingerprint density at radius 3 is 2.67 bits per heavy atom. The van der Waals surface area contributed by atoms with Crippen LogP contribution < -0.4 is 5.32 Å². The van der Waals surface area contributed by atoms with Crippen LogP contribution in [0.5, 0.6) is 0 Å². The van der Waals surface area contributed by atoms with Crippen LogP contribution in [0.2, 0.25) is 0 Å². The third-order valence-corrected chi connectivity index (χ3v) is 8.10. The molecule has 1 aliphatic rings. The predicted octanol–water partition coefficient (Wildman–Crippen LogP) is 5.69.